The Bertz CT molecular complexity index is 143. The number of hydrogen-bond donors (Lipinski definition) is 0. The molecule has 0 aromatic carbocycles. The molecular formula is C13H30N2. The van der Waals surface area contributed by atoms with E-state index in [1.54, 1.807) is 0 Å². The largest absolute Gasteiger partial charge is 0.305 e. The predicted octanol–water partition coefficient (Wildman–Crippen LogP) is 2.55. The van der Waals surface area contributed by atoms with Crippen molar-refractivity contribution in [2.45, 2.75) is 34.1 Å². The van der Waals surface area contributed by atoms with E-state index in [4.69, 9.17) is 0 Å². The molecule has 0 saturated carbocycles. The Morgan fingerprint density at radius 2 is 1.27 bits per heavy atom. The molecule has 0 saturated heterocycles. The van der Waals surface area contributed by atoms with Gasteiger partial charge in [-0.3, -0.25) is 0 Å². The minimum Gasteiger partial charge on any atom is -0.305 e. The molecule has 0 rings (SSSR count). The summed E-state index contributed by atoms with van der Waals surface area (Å²) in [5.74, 6) is 1.59. The second-order valence-corrected chi connectivity index (χ2v) is 5.64. The molecule has 2 nitrogen and oxygen atoms in total. The van der Waals surface area contributed by atoms with E-state index in [0.717, 1.165) is 11.8 Å². The molecule has 0 aliphatic heterocycles. The number of hydrogen-bond acceptors (Lipinski definition) is 2. The third kappa shape index (κ3) is 10.2. The van der Waals surface area contributed by atoms with Crippen LogP contribution in [0.15, 0.2) is 0 Å². The summed E-state index contributed by atoms with van der Waals surface area (Å²) in [5, 5.41) is 0. The number of likely N-dealkylation sites (N-methyl/N-ethyl adjacent to an activating group) is 2. The van der Waals surface area contributed by atoms with Crippen molar-refractivity contribution in [1.29, 1.82) is 0 Å². The maximum atomic E-state index is 2.44. The van der Waals surface area contributed by atoms with Crippen LogP contribution in [0.1, 0.15) is 34.1 Å². The fourth-order valence-corrected chi connectivity index (χ4v) is 1.65. The molecule has 0 aliphatic rings. The Morgan fingerprint density at radius 3 is 1.73 bits per heavy atom. The zero-order valence-corrected chi connectivity index (χ0v) is 11.6. The number of nitrogens with zero attached hydrogens (tertiary/aromatic N) is 2. The van der Waals surface area contributed by atoms with Gasteiger partial charge in [-0.25, -0.2) is 0 Å². The molecule has 0 fully saturated rings. The van der Waals surface area contributed by atoms with Crippen molar-refractivity contribution in [2.75, 3.05) is 40.3 Å². The van der Waals surface area contributed by atoms with Gasteiger partial charge in [0.1, 0.15) is 0 Å². The summed E-state index contributed by atoms with van der Waals surface area (Å²) in [4.78, 5) is 4.87. The Balaban J connectivity index is 3.48. The molecule has 0 aliphatic carbocycles. The van der Waals surface area contributed by atoms with Gasteiger partial charge in [0.2, 0.25) is 0 Å². The first-order valence-electron chi connectivity index (χ1n) is 6.29. The zero-order chi connectivity index (χ0) is 11.8. The Morgan fingerprint density at radius 1 is 0.733 bits per heavy atom. The van der Waals surface area contributed by atoms with Crippen molar-refractivity contribution >= 4 is 0 Å². The smallest absolute Gasteiger partial charge is 0.0106 e. The lowest BCUT2D eigenvalue weighted by Gasteiger charge is -2.23. The summed E-state index contributed by atoms with van der Waals surface area (Å²) in [5.41, 5.74) is 0. The third-order valence-electron chi connectivity index (χ3n) is 2.63. The van der Waals surface area contributed by atoms with E-state index in [9.17, 15) is 0 Å². The lowest BCUT2D eigenvalue weighted by molar-refractivity contribution is 0.233. The highest BCUT2D eigenvalue weighted by atomic mass is 15.2. The van der Waals surface area contributed by atoms with Crippen molar-refractivity contribution in [1.82, 2.24) is 9.80 Å². The van der Waals surface area contributed by atoms with E-state index in [2.05, 4.69) is 51.6 Å². The predicted molar refractivity (Wildman–Crippen MR) is 69.3 cm³/mol. The van der Waals surface area contributed by atoms with E-state index < -0.39 is 0 Å². The van der Waals surface area contributed by atoms with Crippen LogP contribution in [-0.4, -0.2) is 50.1 Å². The Kier molecular flexibility index (Phi) is 8.07. The monoisotopic (exact) mass is 214 g/mol. The van der Waals surface area contributed by atoms with Crippen LogP contribution in [0.2, 0.25) is 0 Å². The van der Waals surface area contributed by atoms with Crippen LogP contribution < -0.4 is 0 Å². The van der Waals surface area contributed by atoms with Gasteiger partial charge in [0, 0.05) is 19.6 Å². The van der Waals surface area contributed by atoms with Crippen LogP contribution in [0.3, 0.4) is 0 Å². The summed E-state index contributed by atoms with van der Waals surface area (Å²) >= 11 is 0. The summed E-state index contributed by atoms with van der Waals surface area (Å²) in [6, 6.07) is 0. The lowest BCUT2D eigenvalue weighted by Crippen LogP contribution is -2.33. The molecular weight excluding hydrogens is 184 g/mol. The molecule has 15 heavy (non-hydrogen) atoms. The van der Waals surface area contributed by atoms with Gasteiger partial charge in [0.15, 0.2) is 0 Å². The molecule has 0 unspecified atom stereocenters. The van der Waals surface area contributed by atoms with Gasteiger partial charge in [-0.15, -0.1) is 0 Å². The fourth-order valence-electron chi connectivity index (χ4n) is 1.65. The average molecular weight is 214 g/mol. The molecule has 0 N–H and O–H groups in total. The van der Waals surface area contributed by atoms with Crippen LogP contribution in [0, 0.1) is 11.8 Å². The zero-order valence-electron chi connectivity index (χ0n) is 11.6. The summed E-state index contributed by atoms with van der Waals surface area (Å²) < 4.78 is 0. The van der Waals surface area contributed by atoms with Gasteiger partial charge in [-0.2, -0.15) is 0 Å². The highest BCUT2D eigenvalue weighted by Gasteiger charge is 2.04. The minimum atomic E-state index is 0.774. The first-order chi connectivity index (χ1) is 6.91. The van der Waals surface area contributed by atoms with Crippen LogP contribution in [0.25, 0.3) is 0 Å². The summed E-state index contributed by atoms with van der Waals surface area (Å²) in [6.45, 7) is 13.9. The summed E-state index contributed by atoms with van der Waals surface area (Å²) in [6.07, 6.45) is 1.31. The van der Waals surface area contributed by atoms with Crippen LogP contribution in [-0.2, 0) is 0 Å². The molecule has 0 bridgehead atoms. The third-order valence-corrected chi connectivity index (χ3v) is 2.63. The van der Waals surface area contributed by atoms with E-state index in [1.807, 2.05) is 0 Å². The molecule has 0 aromatic heterocycles. The molecule has 0 radical (unpaired) electrons. The fraction of sp³-hybridized carbons (Fsp3) is 1.00. The molecule has 2 heteroatoms. The lowest BCUT2D eigenvalue weighted by atomic mass is 10.1. The standard InChI is InChI=1S/C13H30N2/c1-12(2)7-8-14(5)9-10-15(6)11-13(3)4/h12-13H,7-11H2,1-6H3. The Labute approximate surface area is 96.6 Å². The van der Waals surface area contributed by atoms with E-state index in [-0.39, 0.29) is 0 Å². The maximum absolute atomic E-state index is 2.44. The van der Waals surface area contributed by atoms with Gasteiger partial charge in [0.05, 0.1) is 0 Å². The second-order valence-electron chi connectivity index (χ2n) is 5.64. The molecule has 0 atom stereocenters. The molecule has 0 heterocycles. The maximum Gasteiger partial charge on any atom is 0.0106 e. The van der Waals surface area contributed by atoms with Crippen molar-refractivity contribution < 1.29 is 0 Å². The van der Waals surface area contributed by atoms with Crippen LogP contribution in [0.5, 0.6) is 0 Å². The quantitative estimate of drug-likeness (QED) is 0.613. The normalized spacial score (nSPS) is 12.4. The van der Waals surface area contributed by atoms with E-state index >= 15 is 0 Å². The van der Waals surface area contributed by atoms with Gasteiger partial charge in [0.25, 0.3) is 0 Å². The highest BCUT2D eigenvalue weighted by molar-refractivity contribution is 4.59. The van der Waals surface area contributed by atoms with Crippen molar-refractivity contribution in [3.05, 3.63) is 0 Å². The SMILES string of the molecule is CC(C)CCN(C)CCN(C)CC(C)C. The first-order valence-corrected chi connectivity index (χ1v) is 6.29. The van der Waals surface area contributed by atoms with Gasteiger partial charge < -0.3 is 9.80 Å². The topological polar surface area (TPSA) is 6.48 Å². The Hall–Kier alpha value is -0.0800. The van der Waals surface area contributed by atoms with Gasteiger partial charge >= 0.3 is 0 Å². The summed E-state index contributed by atoms with van der Waals surface area (Å²) in [7, 11) is 4.45. The minimum absolute atomic E-state index is 0.774. The van der Waals surface area contributed by atoms with Crippen molar-refractivity contribution in [3.63, 3.8) is 0 Å². The van der Waals surface area contributed by atoms with Crippen molar-refractivity contribution in [2.24, 2.45) is 11.8 Å². The van der Waals surface area contributed by atoms with Crippen molar-refractivity contribution in [3.8, 4) is 0 Å². The van der Waals surface area contributed by atoms with Crippen LogP contribution >= 0.6 is 0 Å². The second kappa shape index (κ2) is 8.12. The van der Waals surface area contributed by atoms with Gasteiger partial charge in [-0.05, 0) is 38.9 Å². The molecule has 0 aromatic rings. The number of rotatable bonds is 8. The first kappa shape index (κ1) is 14.9. The average Bonchev–Trinajstić information content (AvgIpc) is 2.10. The highest BCUT2D eigenvalue weighted by Crippen LogP contribution is 2.01. The van der Waals surface area contributed by atoms with E-state index in [0.29, 0.717) is 0 Å². The molecule has 0 amide bonds. The van der Waals surface area contributed by atoms with Gasteiger partial charge in [-0.1, -0.05) is 27.7 Å². The molecule has 92 valence electrons. The van der Waals surface area contributed by atoms with E-state index in [1.165, 1.54) is 32.6 Å². The van der Waals surface area contributed by atoms with Crippen LogP contribution in [0.4, 0.5) is 0 Å². The molecule has 0 spiro atoms.